The Morgan fingerprint density at radius 3 is 2.90 bits per heavy atom. The Morgan fingerprint density at radius 1 is 1.57 bits per heavy atom. The molecule has 2 heterocycles. The average Bonchev–Trinajstić information content (AvgIpc) is 3.07. The number of aliphatic hydroxyl groups is 1. The van der Waals surface area contributed by atoms with E-state index in [-0.39, 0.29) is 11.7 Å². The Labute approximate surface area is 122 Å². The summed E-state index contributed by atoms with van der Waals surface area (Å²) in [5, 5.41) is 20.9. The normalized spacial score (nSPS) is 14.0. The summed E-state index contributed by atoms with van der Waals surface area (Å²) in [5.41, 5.74) is -1.39. The van der Waals surface area contributed by atoms with Gasteiger partial charge in [-0.25, -0.2) is 13.6 Å². The van der Waals surface area contributed by atoms with Gasteiger partial charge in [-0.05, 0) is 19.1 Å². The maximum Gasteiger partial charge on any atom is 0.321 e. The minimum absolute atomic E-state index is 0.0551. The molecular formula is C11H12F2N4O3S. The summed E-state index contributed by atoms with van der Waals surface area (Å²) in [4.78, 5) is 11.6. The standard InChI is InChI=1S/C11H12F2N4O3S/c1-11(19,6-3-2-4-20-6)5-14-9(18)15-10-17-16-8(21-10)7(12)13/h2-4,7,19H,5H2,1H3,(H2,14,15,17,18). The van der Waals surface area contributed by atoms with Crippen LogP contribution >= 0.6 is 11.3 Å². The summed E-state index contributed by atoms with van der Waals surface area (Å²) in [7, 11) is 0. The van der Waals surface area contributed by atoms with Crippen LogP contribution in [0.4, 0.5) is 18.7 Å². The topological polar surface area (TPSA) is 100 Å². The number of hydrogen-bond acceptors (Lipinski definition) is 6. The molecule has 2 aromatic heterocycles. The van der Waals surface area contributed by atoms with Gasteiger partial charge in [-0.15, -0.1) is 10.2 Å². The highest BCUT2D eigenvalue weighted by Gasteiger charge is 2.27. The maximum atomic E-state index is 12.3. The molecule has 0 aliphatic carbocycles. The monoisotopic (exact) mass is 318 g/mol. The third-order valence-electron chi connectivity index (χ3n) is 2.49. The molecule has 0 aliphatic heterocycles. The maximum absolute atomic E-state index is 12.3. The first kappa shape index (κ1) is 15.3. The molecule has 0 aromatic carbocycles. The van der Waals surface area contributed by atoms with Crippen molar-refractivity contribution in [2.24, 2.45) is 0 Å². The summed E-state index contributed by atoms with van der Waals surface area (Å²) >= 11 is 0.575. The lowest BCUT2D eigenvalue weighted by atomic mass is 10.0. The van der Waals surface area contributed by atoms with Gasteiger partial charge in [-0.2, -0.15) is 0 Å². The zero-order chi connectivity index (χ0) is 15.5. The molecule has 3 N–H and O–H groups in total. The molecule has 7 nitrogen and oxygen atoms in total. The highest BCUT2D eigenvalue weighted by atomic mass is 32.1. The number of furan rings is 1. The number of rotatable bonds is 5. The van der Waals surface area contributed by atoms with Gasteiger partial charge in [0.1, 0.15) is 11.4 Å². The van der Waals surface area contributed by atoms with Crippen molar-refractivity contribution in [3.05, 3.63) is 29.2 Å². The predicted molar refractivity (Wildman–Crippen MR) is 70.2 cm³/mol. The van der Waals surface area contributed by atoms with E-state index in [1.54, 1.807) is 12.1 Å². The number of carbonyl (C=O) groups excluding carboxylic acids is 1. The van der Waals surface area contributed by atoms with Crippen LogP contribution in [0.5, 0.6) is 0 Å². The first-order valence-electron chi connectivity index (χ1n) is 5.81. The van der Waals surface area contributed by atoms with E-state index >= 15 is 0 Å². The fourth-order valence-corrected chi connectivity index (χ4v) is 2.03. The van der Waals surface area contributed by atoms with Crippen molar-refractivity contribution in [3.8, 4) is 0 Å². The third kappa shape index (κ3) is 3.95. The molecule has 0 spiro atoms. The molecule has 2 aromatic rings. The minimum Gasteiger partial charge on any atom is -0.466 e. The molecule has 0 saturated carbocycles. The second kappa shape index (κ2) is 6.14. The van der Waals surface area contributed by atoms with Gasteiger partial charge in [0.2, 0.25) is 5.13 Å². The van der Waals surface area contributed by atoms with Crippen LogP contribution in [0.15, 0.2) is 22.8 Å². The lowest BCUT2D eigenvalue weighted by molar-refractivity contribution is 0.0372. The van der Waals surface area contributed by atoms with Crippen LogP contribution < -0.4 is 10.6 Å². The van der Waals surface area contributed by atoms with Crippen molar-refractivity contribution < 1.29 is 23.1 Å². The van der Waals surface area contributed by atoms with E-state index in [4.69, 9.17) is 4.42 Å². The second-order valence-corrected chi connectivity index (χ2v) is 5.31. The summed E-state index contributed by atoms with van der Waals surface area (Å²) in [6.45, 7) is 1.33. The molecule has 2 amide bonds. The Morgan fingerprint density at radius 2 is 2.33 bits per heavy atom. The molecule has 10 heteroatoms. The number of alkyl halides is 2. The number of aromatic nitrogens is 2. The molecule has 0 bridgehead atoms. The van der Waals surface area contributed by atoms with Gasteiger partial charge in [0.25, 0.3) is 6.43 Å². The number of halogens is 2. The van der Waals surface area contributed by atoms with Crippen LogP contribution in [0.2, 0.25) is 0 Å². The Bertz CT molecular complexity index is 600. The van der Waals surface area contributed by atoms with Gasteiger partial charge in [-0.3, -0.25) is 5.32 Å². The van der Waals surface area contributed by atoms with Crippen LogP contribution in [0, 0.1) is 0 Å². The van der Waals surface area contributed by atoms with E-state index in [0.29, 0.717) is 17.1 Å². The minimum atomic E-state index is -2.74. The lowest BCUT2D eigenvalue weighted by Gasteiger charge is -2.20. The molecule has 0 saturated heterocycles. The van der Waals surface area contributed by atoms with E-state index in [2.05, 4.69) is 20.8 Å². The van der Waals surface area contributed by atoms with Gasteiger partial charge < -0.3 is 14.8 Å². The fraction of sp³-hybridized carbons (Fsp3) is 0.364. The molecule has 2 rings (SSSR count). The van der Waals surface area contributed by atoms with Crippen molar-refractivity contribution >= 4 is 22.5 Å². The summed E-state index contributed by atoms with van der Waals surface area (Å²) in [5.74, 6) is 0.290. The van der Waals surface area contributed by atoms with E-state index in [1.807, 2.05) is 0 Å². The number of nitrogens with one attached hydrogen (secondary N) is 2. The molecule has 21 heavy (non-hydrogen) atoms. The highest BCUT2D eigenvalue weighted by Crippen LogP contribution is 2.25. The van der Waals surface area contributed by atoms with Crippen LogP contribution in [-0.2, 0) is 5.60 Å². The van der Waals surface area contributed by atoms with Crippen molar-refractivity contribution in [2.45, 2.75) is 19.0 Å². The SMILES string of the molecule is CC(O)(CNC(=O)Nc1nnc(C(F)F)s1)c1ccco1. The van der Waals surface area contributed by atoms with Crippen LogP contribution in [0.25, 0.3) is 0 Å². The lowest BCUT2D eigenvalue weighted by Crippen LogP contribution is -2.40. The number of amides is 2. The number of hydrogen-bond donors (Lipinski definition) is 3. The van der Waals surface area contributed by atoms with Crippen molar-refractivity contribution in [1.29, 1.82) is 0 Å². The van der Waals surface area contributed by atoms with Crippen molar-refractivity contribution in [1.82, 2.24) is 15.5 Å². The Hall–Kier alpha value is -2.07. The van der Waals surface area contributed by atoms with Gasteiger partial charge in [-0.1, -0.05) is 11.3 Å². The molecule has 0 fully saturated rings. The van der Waals surface area contributed by atoms with Gasteiger partial charge in [0, 0.05) is 0 Å². The number of nitrogens with zero attached hydrogens (tertiary/aromatic N) is 2. The quantitative estimate of drug-likeness (QED) is 0.784. The summed E-state index contributed by atoms with van der Waals surface area (Å²) < 4.78 is 29.7. The predicted octanol–water partition coefficient (Wildman–Crippen LogP) is 2.10. The zero-order valence-corrected chi connectivity index (χ0v) is 11.7. The van der Waals surface area contributed by atoms with Crippen molar-refractivity contribution in [3.63, 3.8) is 0 Å². The smallest absolute Gasteiger partial charge is 0.321 e. The molecule has 114 valence electrons. The molecule has 1 unspecified atom stereocenters. The van der Waals surface area contributed by atoms with Gasteiger partial charge >= 0.3 is 6.03 Å². The number of urea groups is 1. The van der Waals surface area contributed by atoms with E-state index in [0.717, 1.165) is 0 Å². The molecule has 0 radical (unpaired) electrons. The third-order valence-corrected chi connectivity index (χ3v) is 3.34. The molecule has 1 atom stereocenters. The fourth-order valence-electron chi connectivity index (χ4n) is 1.44. The summed E-state index contributed by atoms with van der Waals surface area (Å²) in [6, 6.07) is 2.48. The highest BCUT2D eigenvalue weighted by molar-refractivity contribution is 7.15. The van der Waals surface area contributed by atoms with E-state index in [1.165, 1.54) is 13.2 Å². The second-order valence-electron chi connectivity index (χ2n) is 4.30. The molecule has 0 aliphatic rings. The Kier molecular flexibility index (Phi) is 4.48. The first-order chi connectivity index (χ1) is 9.88. The average molecular weight is 318 g/mol. The van der Waals surface area contributed by atoms with Crippen LogP contribution in [0.1, 0.15) is 24.1 Å². The number of carbonyl (C=O) groups is 1. The zero-order valence-electron chi connectivity index (χ0n) is 10.8. The van der Waals surface area contributed by atoms with Crippen LogP contribution in [-0.4, -0.2) is 27.9 Å². The van der Waals surface area contributed by atoms with Gasteiger partial charge in [0.05, 0.1) is 12.8 Å². The largest absolute Gasteiger partial charge is 0.466 e. The first-order valence-corrected chi connectivity index (χ1v) is 6.63. The number of anilines is 1. The summed E-state index contributed by atoms with van der Waals surface area (Å²) in [6.07, 6.45) is -1.34. The molecular weight excluding hydrogens is 306 g/mol. The van der Waals surface area contributed by atoms with Crippen LogP contribution in [0.3, 0.4) is 0 Å². The van der Waals surface area contributed by atoms with Gasteiger partial charge in [0.15, 0.2) is 5.01 Å². The van der Waals surface area contributed by atoms with E-state index < -0.39 is 23.1 Å². The van der Waals surface area contributed by atoms with E-state index in [9.17, 15) is 18.7 Å². The Balaban J connectivity index is 1.87. The van der Waals surface area contributed by atoms with Crippen molar-refractivity contribution in [2.75, 3.05) is 11.9 Å².